The number of likely N-dealkylation sites (tertiary alicyclic amines) is 1. The van der Waals surface area contributed by atoms with E-state index in [-0.39, 0.29) is 47.6 Å². The van der Waals surface area contributed by atoms with Crippen molar-refractivity contribution in [2.45, 2.75) is 60.4 Å². The quantitative estimate of drug-likeness (QED) is 0.296. The van der Waals surface area contributed by atoms with E-state index in [0.717, 1.165) is 19.3 Å². The van der Waals surface area contributed by atoms with Crippen LogP contribution in [0, 0.1) is 11.8 Å². The van der Waals surface area contributed by atoms with Gasteiger partial charge in [-0.2, -0.15) is 0 Å². The number of amides is 2. The Balaban J connectivity index is 1.90. The number of rotatable bonds is 9. The van der Waals surface area contributed by atoms with Crippen LogP contribution in [0.1, 0.15) is 39.5 Å². The number of hydrogen-bond acceptors (Lipinski definition) is 6. The zero-order chi connectivity index (χ0) is 20.5. The number of carbonyl (C=O) groups is 3. The van der Waals surface area contributed by atoms with Crippen LogP contribution in [-0.4, -0.2) is 75.0 Å². The van der Waals surface area contributed by atoms with Gasteiger partial charge >= 0.3 is 5.97 Å². The average Bonchev–Trinajstić information content (AvgIpc) is 3.23. The highest BCUT2D eigenvalue weighted by Crippen LogP contribution is 2.67. The summed E-state index contributed by atoms with van der Waals surface area (Å²) < 4.78 is 4.61. The number of aliphatic hydroxyl groups excluding tert-OH is 1. The van der Waals surface area contributed by atoms with E-state index in [1.54, 1.807) is 18.7 Å². The van der Waals surface area contributed by atoms with Gasteiger partial charge in [-0.1, -0.05) is 35.7 Å². The number of nitrogens with one attached hydrogen (secondary N) is 1. The molecule has 158 valence electrons. The SMILES string of the molecule is CCCCCNC(=O)C1N(CCO)C(=O)[C@@H]2[C@H](C(=O)OCC)[C@H]3SC12CC3Br. The molecule has 28 heavy (non-hydrogen) atoms. The molecule has 3 saturated heterocycles. The van der Waals surface area contributed by atoms with E-state index in [0.29, 0.717) is 13.0 Å². The first-order valence-corrected chi connectivity index (χ1v) is 11.9. The summed E-state index contributed by atoms with van der Waals surface area (Å²) in [4.78, 5) is 40.6. The molecule has 0 saturated carbocycles. The second-order valence-corrected chi connectivity index (χ2v) is 10.4. The molecule has 7 nitrogen and oxygen atoms in total. The van der Waals surface area contributed by atoms with E-state index in [2.05, 4.69) is 28.2 Å². The van der Waals surface area contributed by atoms with E-state index in [1.165, 1.54) is 4.90 Å². The number of unbranched alkanes of at least 4 members (excludes halogenated alkanes) is 2. The van der Waals surface area contributed by atoms with Crippen LogP contribution >= 0.6 is 27.7 Å². The predicted octanol–water partition coefficient (Wildman–Crippen LogP) is 1.31. The first kappa shape index (κ1) is 21.9. The second kappa shape index (κ2) is 8.92. The molecule has 2 amide bonds. The highest BCUT2D eigenvalue weighted by atomic mass is 79.9. The Labute approximate surface area is 178 Å². The first-order chi connectivity index (χ1) is 13.4. The minimum Gasteiger partial charge on any atom is -0.466 e. The lowest BCUT2D eigenvalue weighted by Gasteiger charge is -2.35. The summed E-state index contributed by atoms with van der Waals surface area (Å²) in [7, 11) is 0. The molecule has 0 radical (unpaired) electrons. The lowest BCUT2D eigenvalue weighted by Crippen LogP contribution is -2.54. The molecule has 9 heteroatoms. The number of alkyl halides is 1. The fourth-order valence-electron chi connectivity index (χ4n) is 4.97. The first-order valence-electron chi connectivity index (χ1n) is 10.1. The number of ether oxygens (including phenoxy) is 1. The van der Waals surface area contributed by atoms with Crippen LogP contribution in [0.4, 0.5) is 0 Å². The molecule has 3 rings (SSSR count). The van der Waals surface area contributed by atoms with Gasteiger partial charge in [0.05, 0.1) is 29.8 Å². The number of esters is 1. The van der Waals surface area contributed by atoms with Gasteiger partial charge in [-0.3, -0.25) is 14.4 Å². The van der Waals surface area contributed by atoms with Gasteiger partial charge in [0.15, 0.2) is 0 Å². The average molecular weight is 477 g/mol. The van der Waals surface area contributed by atoms with E-state index in [1.807, 2.05) is 0 Å². The molecule has 3 aliphatic rings. The van der Waals surface area contributed by atoms with Crippen LogP contribution < -0.4 is 5.32 Å². The Morgan fingerprint density at radius 1 is 1.39 bits per heavy atom. The van der Waals surface area contributed by atoms with Crippen molar-refractivity contribution in [3.8, 4) is 0 Å². The van der Waals surface area contributed by atoms with Crippen LogP contribution in [0.2, 0.25) is 0 Å². The van der Waals surface area contributed by atoms with E-state index >= 15 is 0 Å². The molecule has 3 unspecified atom stereocenters. The maximum absolute atomic E-state index is 13.3. The Morgan fingerprint density at radius 2 is 2.14 bits per heavy atom. The van der Waals surface area contributed by atoms with Gasteiger partial charge in [-0.25, -0.2) is 0 Å². The fourth-order valence-corrected chi connectivity index (χ4v) is 8.57. The van der Waals surface area contributed by atoms with Gasteiger partial charge in [0.2, 0.25) is 11.8 Å². The van der Waals surface area contributed by atoms with Gasteiger partial charge in [0, 0.05) is 23.2 Å². The van der Waals surface area contributed by atoms with Crippen LogP contribution in [-0.2, 0) is 19.1 Å². The summed E-state index contributed by atoms with van der Waals surface area (Å²) in [5.41, 5.74) is 0. The van der Waals surface area contributed by atoms with Gasteiger partial charge in [-0.15, -0.1) is 11.8 Å². The predicted molar refractivity (Wildman–Crippen MR) is 110 cm³/mol. The summed E-state index contributed by atoms with van der Waals surface area (Å²) in [5, 5.41) is 12.4. The topological polar surface area (TPSA) is 95.9 Å². The van der Waals surface area contributed by atoms with Gasteiger partial charge in [0.25, 0.3) is 0 Å². The van der Waals surface area contributed by atoms with Crippen molar-refractivity contribution < 1.29 is 24.2 Å². The molecule has 0 aromatic heterocycles. The van der Waals surface area contributed by atoms with Crippen LogP contribution in [0.5, 0.6) is 0 Å². The molecule has 3 fully saturated rings. The van der Waals surface area contributed by atoms with Crippen molar-refractivity contribution >= 4 is 45.5 Å². The Kier molecular flexibility index (Phi) is 6.97. The summed E-state index contributed by atoms with van der Waals surface area (Å²) in [5.74, 6) is -1.90. The Hall–Kier alpha value is -0.800. The molecule has 1 spiro atoms. The molecular weight excluding hydrogens is 448 g/mol. The minimum absolute atomic E-state index is 0.0421. The van der Waals surface area contributed by atoms with Gasteiger partial charge < -0.3 is 20.1 Å². The second-order valence-electron chi connectivity index (χ2n) is 7.67. The van der Waals surface area contributed by atoms with Crippen molar-refractivity contribution in [1.29, 1.82) is 0 Å². The standard InChI is InChI=1S/C19H29BrN2O5S/c1-3-5-6-7-21-16(24)15-19-10-11(20)14(28-19)12(18(26)27-4-2)13(19)17(25)22(15)8-9-23/h11-15,23H,3-10H2,1-2H3,(H,21,24)/t11?,12-,13-,14-,15?,19?/m0/s1. The molecule has 2 bridgehead atoms. The van der Waals surface area contributed by atoms with Crippen LogP contribution in [0.15, 0.2) is 0 Å². The van der Waals surface area contributed by atoms with E-state index in [9.17, 15) is 19.5 Å². The van der Waals surface area contributed by atoms with Crippen molar-refractivity contribution in [3.63, 3.8) is 0 Å². The van der Waals surface area contributed by atoms with E-state index < -0.39 is 22.6 Å². The van der Waals surface area contributed by atoms with Gasteiger partial charge in [-0.05, 0) is 19.8 Å². The molecule has 0 aliphatic carbocycles. The highest BCUT2D eigenvalue weighted by Gasteiger charge is 2.75. The zero-order valence-electron chi connectivity index (χ0n) is 16.4. The number of halogens is 1. The normalized spacial score (nSPS) is 35.9. The summed E-state index contributed by atoms with van der Waals surface area (Å²) in [6, 6.07) is -0.673. The number of fused-ring (bicyclic) bond motifs is 1. The third-order valence-corrected chi connectivity index (χ3v) is 9.24. The maximum Gasteiger partial charge on any atom is 0.310 e. The molecule has 2 N–H and O–H groups in total. The van der Waals surface area contributed by atoms with Crippen LogP contribution in [0.25, 0.3) is 0 Å². The Bertz CT molecular complexity index is 635. The molecule has 6 atom stereocenters. The number of aliphatic hydroxyl groups is 1. The fraction of sp³-hybridized carbons (Fsp3) is 0.842. The van der Waals surface area contributed by atoms with Crippen molar-refractivity contribution in [1.82, 2.24) is 10.2 Å². The van der Waals surface area contributed by atoms with Gasteiger partial charge in [0.1, 0.15) is 6.04 Å². The lowest BCUT2D eigenvalue weighted by molar-refractivity contribution is -0.153. The number of carbonyl (C=O) groups excluding carboxylic acids is 3. The van der Waals surface area contributed by atoms with Crippen molar-refractivity contribution in [2.75, 3.05) is 26.3 Å². The molecule has 0 aromatic rings. The third-order valence-electron chi connectivity index (χ3n) is 6.02. The molecule has 0 aromatic carbocycles. The van der Waals surface area contributed by atoms with Crippen molar-refractivity contribution in [2.24, 2.45) is 11.8 Å². The third kappa shape index (κ3) is 3.47. The maximum atomic E-state index is 13.3. The molecular formula is C19H29BrN2O5S. The number of hydrogen-bond donors (Lipinski definition) is 2. The van der Waals surface area contributed by atoms with E-state index in [4.69, 9.17) is 4.74 Å². The highest BCUT2D eigenvalue weighted by molar-refractivity contribution is 9.09. The summed E-state index contributed by atoms with van der Waals surface area (Å²) in [6.07, 6.45) is 3.62. The zero-order valence-corrected chi connectivity index (χ0v) is 18.8. The monoisotopic (exact) mass is 476 g/mol. The molecule has 3 aliphatic heterocycles. The number of nitrogens with zero attached hydrogens (tertiary/aromatic N) is 1. The number of β-amino-alcohol motifs (C(OH)–C–C–N with tert-alkyl or cyclic N) is 1. The smallest absolute Gasteiger partial charge is 0.310 e. The molecule has 3 heterocycles. The number of thioether (sulfide) groups is 1. The summed E-state index contributed by atoms with van der Waals surface area (Å²) >= 11 is 5.26. The largest absolute Gasteiger partial charge is 0.466 e. The van der Waals surface area contributed by atoms with Crippen molar-refractivity contribution in [3.05, 3.63) is 0 Å². The Morgan fingerprint density at radius 3 is 2.79 bits per heavy atom. The lowest BCUT2D eigenvalue weighted by atomic mass is 9.71. The minimum atomic E-state index is -0.673. The van der Waals surface area contributed by atoms with Crippen LogP contribution in [0.3, 0.4) is 0 Å². The summed E-state index contributed by atoms with van der Waals surface area (Å²) in [6.45, 7) is 4.56.